The molecule has 1 aromatic heterocycles. The number of hydrogen-bond acceptors (Lipinski definition) is 3. The number of rotatable bonds is 4. The molecule has 7 heteroatoms. The smallest absolute Gasteiger partial charge is 0.266 e. The number of nitrogens with one attached hydrogen (secondary N) is 1. The molecule has 0 spiro atoms. The molecule has 0 aliphatic heterocycles. The van der Waals surface area contributed by atoms with Crippen LogP contribution in [0, 0.1) is 18.3 Å². The summed E-state index contributed by atoms with van der Waals surface area (Å²) < 4.78 is 8.18. The van der Waals surface area contributed by atoms with Gasteiger partial charge in [-0.15, -0.1) is 0 Å². The van der Waals surface area contributed by atoms with Gasteiger partial charge in [-0.3, -0.25) is 4.79 Å². The number of carbonyl (C=O) groups is 1. The summed E-state index contributed by atoms with van der Waals surface area (Å²) in [5.74, 6) is 0.557. The minimum absolute atomic E-state index is 0.0592. The van der Waals surface area contributed by atoms with Crippen molar-refractivity contribution in [2.75, 3.05) is 5.32 Å². The van der Waals surface area contributed by atoms with Gasteiger partial charge in [0.2, 0.25) is 0 Å². The number of hydrogen-bond donors (Lipinski definition) is 1. The molecule has 4 nitrogen and oxygen atoms in total. The van der Waals surface area contributed by atoms with Crippen molar-refractivity contribution in [2.45, 2.75) is 6.92 Å². The molecule has 1 amide bonds. The lowest BCUT2D eigenvalue weighted by atomic mass is 10.2. The highest BCUT2D eigenvalue weighted by molar-refractivity contribution is 9.11. The Labute approximate surface area is 187 Å². The summed E-state index contributed by atoms with van der Waals surface area (Å²) in [6.07, 6.45) is 1.42. The molecule has 3 rings (SSSR count). The van der Waals surface area contributed by atoms with Gasteiger partial charge >= 0.3 is 0 Å². The van der Waals surface area contributed by atoms with Crippen LogP contribution in [0.3, 0.4) is 0 Å². The van der Waals surface area contributed by atoms with E-state index < -0.39 is 5.91 Å². The highest BCUT2D eigenvalue weighted by Crippen LogP contribution is 2.33. The van der Waals surface area contributed by atoms with Crippen LogP contribution in [-0.4, -0.2) is 5.91 Å². The van der Waals surface area contributed by atoms with E-state index in [1.165, 1.54) is 6.08 Å². The van der Waals surface area contributed by atoms with Crippen molar-refractivity contribution >= 4 is 65.5 Å². The van der Waals surface area contributed by atoms with E-state index >= 15 is 0 Å². The van der Waals surface area contributed by atoms with Gasteiger partial charge in [0, 0.05) is 25.1 Å². The minimum atomic E-state index is -0.519. The SMILES string of the molecule is Cc1cc(Br)c(NC(=O)/C(C#N)=C/c2ccc(-c3ccc(Br)cc3)o2)c(Br)c1. The molecule has 28 heavy (non-hydrogen) atoms. The Balaban J connectivity index is 1.84. The average molecular weight is 565 g/mol. The Morgan fingerprint density at radius 3 is 2.32 bits per heavy atom. The Hall–Kier alpha value is -2.14. The number of halogens is 3. The standard InChI is InChI=1S/C21H13Br3N2O2/c1-12-8-17(23)20(18(24)9-12)26-21(27)14(11-25)10-16-6-7-19(28-16)13-2-4-15(22)5-3-13/h2-10H,1H3,(H,26,27)/b14-10+. The average Bonchev–Trinajstić information content (AvgIpc) is 3.11. The number of amides is 1. The molecule has 0 aliphatic carbocycles. The zero-order valence-electron chi connectivity index (χ0n) is 14.6. The van der Waals surface area contributed by atoms with Crippen LogP contribution in [0.2, 0.25) is 0 Å². The van der Waals surface area contributed by atoms with Gasteiger partial charge in [-0.25, -0.2) is 0 Å². The molecule has 0 unspecified atom stereocenters. The predicted molar refractivity (Wildman–Crippen MR) is 121 cm³/mol. The molecule has 0 radical (unpaired) electrons. The quantitative estimate of drug-likeness (QED) is 0.272. The van der Waals surface area contributed by atoms with Gasteiger partial charge < -0.3 is 9.73 Å². The molecule has 0 saturated carbocycles. The van der Waals surface area contributed by atoms with Crippen LogP contribution in [0.5, 0.6) is 0 Å². The van der Waals surface area contributed by atoms with E-state index in [9.17, 15) is 10.1 Å². The van der Waals surface area contributed by atoms with E-state index in [-0.39, 0.29) is 5.57 Å². The molecule has 0 fully saturated rings. The van der Waals surface area contributed by atoms with Crippen LogP contribution in [0.15, 0.2) is 71.9 Å². The van der Waals surface area contributed by atoms with Crippen LogP contribution in [0.1, 0.15) is 11.3 Å². The molecule has 0 saturated heterocycles. The van der Waals surface area contributed by atoms with Gasteiger partial charge in [0.05, 0.1) is 5.69 Å². The van der Waals surface area contributed by atoms with Gasteiger partial charge in [-0.1, -0.05) is 28.1 Å². The second kappa shape index (κ2) is 8.91. The molecule has 3 aromatic rings. The summed E-state index contributed by atoms with van der Waals surface area (Å²) in [6.45, 7) is 1.95. The first-order valence-corrected chi connectivity index (χ1v) is 10.5. The Morgan fingerprint density at radius 2 is 1.71 bits per heavy atom. The van der Waals surface area contributed by atoms with Crippen molar-refractivity contribution in [3.63, 3.8) is 0 Å². The van der Waals surface area contributed by atoms with Crippen molar-refractivity contribution in [1.82, 2.24) is 0 Å². The first-order chi connectivity index (χ1) is 13.4. The monoisotopic (exact) mass is 562 g/mol. The second-order valence-corrected chi connectivity index (χ2v) is 8.56. The van der Waals surface area contributed by atoms with Crippen LogP contribution in [-0.2, 0) is 4.79 Å². The van der Waals surface area contributed by atoms with E-state index in [1.54, 1.807) is 12.1 Å². The first-order valence-electron chi connectivity index (χ1n) is 8.12. The van der Waals surface area contributed by atoms with Crippen LogP contribution in [0.25, 0.3) is 17.4 Å². The molecule has 0 atom stereocenters. The Kier molecular flexibility index (Phi) is 6.55. The molecular weight excluding hydrogens is 552 g/mol. The maximum atomic E-state index is 12.6. The number of benzene rings is 2. The number of carbonyl (C=O) groups excluding carboxylic acids is 1. The summed E-state index contributed by atoms with van der Waals surface area (Å²) in [4.78, 5) is 12.6. The third kappa shape index (κ3) is 4.82. The van der Waals surface area contributed by atoms with Crippen LogP contribution >= 0.6 is 47.8 Å². The third-order valence-electron chi connectivity index (χ3n) is 3.83. The Morgan fingerprint density at radius 1 is 1.07 bits per heavy atom. The summed E-state index contributed by atoms with van der Waals surface area (Å²) >= 11 is 10.3. The zero-order chi connectivity index (χ0) is 20.3. The maximum Gasteiger partial charge on any atom is 0.266 e. The fourth-order valence-electron chi connectivity index (χ4n) is 2.49. The molecule has 0 aliphatic rings. The number of anilines is 1. The number of aryl methyl sites for hydroxylation is 1. The van der Waals surface area contributed by atoms with Gasteiger partial charge in [0.1, 0.15) is 23.2 Å². The lowest BCUT2D eigenvalue weighted by molar-refractivity contribution is -0.112. The maximum absolute atomic E-state index is 12.6. The molecular formula is C21H13Br3N2O2. The van der Waals surface area contributed by atoms with E-state index in [0.717, 1.165) is 24.5 Å². The zero-order valence-corrected chi connectivity index (χ0v) is 19.4. The largest absolute Gasteiger partial charge is 0.457 e. The lowest BCUT2D eigenvalue weighted by Crippen LogP contribution is -2.14. The lowest BCUT2D eigenvalue weighted by Gasteiger charge is -2.10. The van der Waals surface area contributed by atoms with Crippen molar-refractivity contribution in [3.05, 3.63) is 78.8 Å². The van der Waals surface area contributed by atoms with Crippen molar-refractivity contribution in [3.8, 4) is 17.4 Å². The molecule has 2 aromatic carbocycles. The second-order valence-electron chi connectivity index (χ2n) is 5.94. The molecule has 1 heterocycles. The van der Waals surface area contributed by atoms with E-state index in [2.05, 4.69) is 53.1 Å². The molecule has 1 N–H and O–H groups in total. The van der Waals surface area contributed by atoms with Crippen molar-refractivity contribution < 1.29 is 9.21 Å². The fourth-order valence-corrected chi connectivity index (χ4v) is 4.37. The van der Waals surface area contributed by atoms with Crippen LogP contribution in [0.4, 0.5) is 5.69 Å². The number of nitrogens with zero attached hydrogens (tertiary/aromatic N) is 1. The first kappa shape index (κ1) is 20.6. The highest BCUT2D eigenvalue weighted by atomic mass is 79.9. The number of nitriles is 1. The molecule has 0 bridgehead atoms. The van der Waals surface area contributed by atoms with Gasteiger partial charge in [0.15, 0.2) is 0 Å². The number of furan rings is 1. The Bertz CT molecular complexity index is 1090. The predicted octanol–water partition coefficient (Wildman–Crippen LogP) is 7.09. The van der Waals surface area contributed by atoms with E-state index in [0.29, 0.717) is 17.2 Å². The summed E-state index contributed by atoms with van der Waals surface area (Å²) in [5.41, 5.74) is 2.44. The summed E-state index contributed by atoms with van der Waals surface area (Å²) in [5, 5.41) is 12.2. The summed E-state index contributed by atoms with van der Waals surface area (Å²) in [6, 6.07) is 16.9. The van der Waals surface area contributed by atoms with Crippen molar-refractivity contribution in [2.24, 2.45) is 0 Å². The van der Waals surface area contributed by atoms with E-state index in [1.807, 2.05) is 49.4 Å². The van der Waals surface area contributed by atoms with Crippen LogP contribution < -0.4 is 5.32 Å². The summed E-state index contributed by atoms with van der Waals surface area (Å²) in [7, 11) is 0. The van der Waals surface area contributed by atoms with Crippen molar-refractivity contribution in [1.29, 1.82) is 5.26 Å². The topological polar surface area (TPSA) is 66.0 Å². The molecule has 140 valence electrons. The fraction of sp³-hybridized carbons (Fsp3) is 0.0476. The highest BCUT2D eigenvalue weighted by Gasteiger charge is 2.15. The van der Waals surface area contributed by atoms with Gasteiger partial charge in [-0.05, 0) is 80.7 Å². The third-order valence-corrected chi connectivity index (χ3v) is 5.61. The van der Waals surface area contributed by atoms with E-state index in [4.69, 9.17) is 4.42 Å². The van der Waals surface area contributed by atoms with Gasteiger partial charge in [-0.2, -0.15) is 5.26 Å². The van der Waals surface area contributed by atoms with Gasteiger partial charge in [0.25, 0.3) is 5.91 Å². The minimum Gasteiger partial charge on any atom is -0.457 e. The normalized spacial score (nSPS) is 11.2.